The number of thiophene rings is 1. The summed E-state index contributed by atoms with van der Waals surface area (Å²) in [6.07, 6.45) is 6.11. The van der Waals surface area contributed by atoms with Crippen molar-refractivity contribution in [3.8, 4) is 11.3 Å². The Morgan fingerprint density at radius 3 is 2.76 bits per heavy atom. The molecule has 0 saturated heterocycles. The van der Waals surface area contributed by atoms with Crippen molar-refractivity contribution in [3.63, 3.8) is 0 Å². The number of aromatic nitrogens is 4. The van der Waals surface area contributed by atoms with Crippen LogP contribution in [-0.2, 0) is 19.5 Å². The van der Waals surface area contributed by atoms with E-state index in [0.717, 1.165) is 39.4 Å². The highest BCUT2D eigenvalue weighted by molar-refractivity contribution is 7.14. The maximum absolute atomic E-state index is 12.6. The highest BCUT2D eigenvalue weighted by atomic mass is 32.1. The van der Waals surface area contributed by atoms with E-state index in [-0.39, 0.29) is 12.5 Å². The van der Waals surface area contributed by atoms with Crippen LogP contribution in [0.4, 0.5) is 11.6 Å². The van der Waals surface area contributed by atoms with Crippen LogP contribution >= 0.6 is 11.3 Å². The first-order valence-electron chi connectivity index (χ1n) is 11.2. The molecule has 9 heteroatoms. The van der Waals surface area contributed by atoms with Crippen molar-refractivity contribution in [1.82, 2.24) is 25.1 Å². The zero-order chi connectivity index (χ0) is 24.1. The highest BCUT2D eigenvalue weighted by Gasteiger charge is 2.12. The second-order valence-electron chi connectivity index (χ2n) is 8.00. The third-order valence-electron chi connectivity index (χ3n) is 5.52. The molecule has 0 saturated carbocycles. The first-order valence-corrected chi connectivity index (χ1v) is 12.0. The van der Waals surface area contributed by atoms with Crippen molar-refractivity contribution in [2.45, 2.75) is 40.3 Å². The Kier molecular flexibility index (Phi) is 7.34. The van der Waals surface area contributed by atoms with Gasteiger partial charge in [-0.05, 0) is 55.2 Å². The number of aliphatic hydroxyl groups excluding tert-OH is 1. The molecule has 0 bridgehead atoms. The van der Waals surface area contributed by atoms with Crippen molar-refractivity contribution in [2.24, 2.45) is 0 Å². The average Bonchev–Trinajstić information content (AvgIpc) is 3.44. The summed E-state index contributed by atoms with van der Waals surface area (Å²) in [5.41, 5.74) is 5.82. The van der Waals surface area contributed by atoms with Crippen molar-refractivity contribution >= 4 is 28.9 Å². The van der Waals surface area contributed by atoms with E-state index in [9.17, 15) is 4.79 Å². The summed E-state index contributed by atoms with van der Waals surface area (Å²) in [4.78, 5) is 23.5. The van der Waals surface area contributed by atoms with Crippen LogP contribution in [-0.4, -0.2) is 37.4 Å². The first-order chi connectivity index (χ1) is 16.5. The second kappa shape index (κ2) is 10.6. The van der Waals surface area contributed by atoms with Crippen molar-refractivity contribution < 1.29 is 9.90 Å². The van der Waals surface area contributed by atoms with Crippen LogP contribution in [0.3, 0.4) is 0 Å². The third-order valence-corrected chi connectivity index (χ3v) is 6.90. The maximum Gasteiger partial charge on any atom is 0.261 e. The number of anilines is 2. The number of carbonyl (C=O) groups is 1. The third kappa shape index (κ3) is 5.49. The SMILES string of the molecule is CCc1sc(C(=O)NCc2ccc(-c3ccnc(Nc4cnn(CCO)c4)n3)cc2C)cc1C. The Morgan fingerprint density at radius 2 is 2.03 bits per heavy atom. The van der Waals surface area contributed by atoms with Gasteiger partial charge in [0.05, 0.1) is 35.6 Å². The monoisotopic (exact) mass is 476 g/mol. The van der Waals surface area contributed by atoms with E-state index < -0.39 is 0 Å². The number of nitrogens with one attached hydrogen (secondary N) is 2. The summed E-state index contributed by atoms with van der Waals surface area (Å²) < 4.78 is 1.65. The molecule has 0 atom stereocenters. The topological polar surface area (TPSA) is 105 Å². The number of nitrogens with zero attached hydrogens (tertiary/aromatic N) is 4. The number of hydrogen-bond acceptors (Lipinski definition) is 7. The van der Waals surface area contributed by atoms with E-state index in [1.807, 2.05) is 38.1 Å². The van der Waals surface area contributed by atoms with Crippen LogP contribution in [0, 0.1) is 13.8 Å². The predicted molar refractivity (Wildman–Crippen MR) is 134 cm³/mol. The molecule has 1 aromatic carbocycles. The van der Waals surface area contributed by atoms with Gasteiger partial charge >= 0.3 is 0 Å². The number of hydrogen-bond donors (Lipinski definition) is 3. The zero-order valence-corrected chi connectivity index (χ0v) is 20.3. The number of amides is 1. The minimum Gasteiger partial charge on any atom is -0.394 e. The Balaban J connectivity index is 1.43. The molecule has 0 spiro atoms. The van der Waals surface area contributed by atoms with Gasteiger partial charge in [0, 0.05) is 29.4 Å². The Labute approximate surface area is 202 Å². The smallest absolute Gasteiger partial charge is 0.261 e. The van der Waals surface area contributed by atoms with E-state index in [1.54, 1.807) is 34.6 Å². The van der Waals surface area contributed by atoms with Crippen LogP contribution in [0.2, 0.25) is 0 Å². The Bertz CT molecular complexity index is 1300. The van der Waals surface area contributed by atoms with E-state index >= 15 is 0 Å². The predicted octanol–water partition coefficient (Wildman–Crippen LogP) is 4.25. The van der Waals surface area contributed by atoms with Gasteiger partial charge in [0.25, 0.3) is 5.91 Å². The fourth-order valence-electron chi connectivity index (χ4n) is 3.66. The largest absolute Gasteiger partial charge is 0.394 e. The molecule has 4 aromatic rings. The summed E-state index contributed by atoms with van der Waals surface area (Å²) in [5.74, 6) is 0.429. The molecule has 3 aromatic heterocycles. The summed E-state index contributed by atoms with van der Waals surface area (Å²) in [5, 5.41) is 19.4. The standard InChI is InChI=1S/C25H28N6O2S/c1-4-22-17(3)12-23(34-22)24(33)27-13-19-6-5-18(11-16(19)2)21-7-8-26-25(30-21)29-20-14-28-31(15-20)9-10-32/h5-8,11-12,14-15,32H,4,9-10,13H2,1-3H3,(H,27,33)(H,26,29,30). The van der Waals surface area contributed by atoms with E-state index in [4.69, 9.17) is 5.11 Å². The molecular weight excluding hydrogens is 448 g/mol. The van der Waals surface area contributed by atoms with Crippen LogP contribution in [0.25, 0.3) is 11.3 Å². The quantitative estimate of drug-likeness (QED) is 0.334. The lowest BCUT2D eigenvalue weighted by Crippen LogP contribution is -2.22. The molecule has 34 heavy (non-hydrogen) atoms. The second-order valence-corrected chi connectivity index (χ2v) is 9.14. The molecule has 0 aliphatic carbocycles. The van der Waals surface area contributed by atoms with Gasteiger partial charge in [-0.1, -0.05) is 19.1 Å². The molecule has 3 N–H and O–H groups in total. The minimum absolute atomic E-state index is 0.0274. The lowest BCUT2D eigenvalue weighted by Gasteiger charge is -2.10. The summed E-state index contributed by atoms with van der Waals surface area (Å²) in [6.45, 7) is 7.12. The summed E-state index contributed by atoms with van der Waals surface area (Å²) in [6, 6.07) is 9.92. The highest BCUT2D eigenvalue weighted by Crippen LogP contribution is 2.24. The van der Waals surface area contributed by atoms with Gasteiger partial charge in [-0.25, -0.2) is 9.97 Å². The van der Waals surface area contributed by atoms with Crippen molar-refractivity contribution in [2.75, 3.05) is 11.9 Å². The zero-order valence-electron chi connectivity index (χ0n) is 19.5. The molecule has 0 unspecified atom stereocenters. The molecule has 176 valence electrons. The molecule has 0 radical (unpaired) electrons. The maximum atomic E-state index is 12.6. The lowest BCUT2D eigenvalue weighted by molar-refractivity contribution is 0.0955. The van der Waals surface area contributed by atoms with E-state index in [2.05, 4.69) is 38.7 Å². The van der Waals surface area contributed by atoms with Crippen LogP contribution < -0.4 is 10.6 Å². The fraction of sp³-hybridized carbons (Fsp3) is 0.280. The first kappa shape index (κ1) is 23.6. The lowest BCUT2D eigenvalue weighted by atomic mass is 10.0. The van der Waals surface area contributed by atoms with Gasteiger partial charge in [-0.15, -0.1) is 11.3 Å². The Hall–Kier alpha value is -3.56. The van der Waals surface area contributed by atoms with Gasteiger partial charge in [-0.2, -0.15) is 5.10 Å². The van der Waals surface area contributed by atoms with E-state index in [0.29, 0.717) is 19.0 Å². The van der Waals surface area contributed by atoms with E-state index in [1.165, 1.54) is 10.4 Å². The number of rotatable bonds is 9. The molecule has 4 rings (SSSR count). The molecule has 0 aliphatic rings. The van der Waals surface area contributed by atoms with Crippen LogP contribution in [0.15, 0.2) is 48.9 Å². The van der Waals surface area contributed by atoms with Crippen molar-refractivity contribution in [3.05, 3.63) is 75.4 Å². The van der Waals surface area contributed by atoms with Crippen LogP contribution in [0.5, 0.6) is 0 Å². The molecule has 1 amide bonds. The summed E-state index contributed by atoms with van der Waals surface area (Å²) in [7, 11) is 0. The number of carbonyl (C=O) groups excluding carboxylic acids is 1. The summed E-state index contributed by atoms with van der Waals surface area (Å²) >= 11 is 1.56. The molecule has 3 heterocycles. The number of benzene rings is 1. The number of aryl methyl sites for hydroxylation is 3. The van der Waals surface area contributed by atoms with Gasteiger partial charge in [-0.3, -0.25) is 9.48 Å². The van der Waals surface area contributed by atoms with Crippen molar-refractivity contribution in [1.29, 1.82) is 0 Å². The minimum atomic E-state index is -0.0369. The average molecular weight is 477 g/mol. The fourth-order valence-corrected chi connectivity index (χ4v) is 4.69. The Morgan fingerprint density at radius 1 is 1.18 bits per heavy atom. The van der Waals surface area contributed by atoms with Gasteiger partial charge in [0.2, 0.25) is 5.95 Å². The van der Waals surface area contributed by atoms with Gasteiger partial charge < -0.3 is 15.7 Å². The molecule has 0 aliphatic heterocycles. The molecular formula is C25H28N6O2S. The van der Waals surface area contributed by atoms with Gasteiger partial charge in [0.1, 0.15) is 0 Å². The van der Waals surface area contributed by atoms with Crippen LogP contribution in [0.1, 0.15) is 38.2 Å². The van der Waals surface area contributed by atoms with Gasteiger partial charge in [0.15, 0.2) is 0 Å². The molecule has 8 nitrogen and oxygen atoms in total. The normalized spacial score (nSPS) is 10.9. The molecule has 0 fully saturated rings. The number of aliphatic hydroxyl groups is 1.